The van der Waals surface area contributed by atoms with E-state index in [0.29, 0.717) is 5.56 Å². The summed E-state index contributed by atoms with van der Waals surface area (Å²) in [5.74, 6) is -0.811. The number of nitrogens with one attached hydrogen (secondary N) is 2. The second-order valence-electron chi connectivity index (χ2n) is 5.47. The molecule has 0 aliphatic carbocycles. The molecule has 0 spiro atoms. The molecule has 0 radical (unpaired) electrons. The second-order valence-corrected chi connectivity index (χ2v) is 7.03. The number of carbonyl (C=O) groups excluding carboxylic acids is 1. The van der Waals surface area contributed by atoms with Crippen LogP contribution in [-0.2, 0) is 21.4 Å². The molecule has 0 saturated heterocycles. The number of para-hydroxylation sites is 2. The number of nitro groups is 1. The Morgan fingerprint density at radius 3 is 2.43 bits per heavy atom. The Labute approximate surface area is 160 Å². The summed E-state index contributed by atoms with van der Waals surface area (Å²) in [7, 11) is -3.78. The maximum Gasteiger partial charge on any atom is 0.292 e. The molecule has 11 heteroatoms. The van der Waals surface area contributed by atoms with Crippen molar-refractivity contribution in [1.29, 1.82) is 5.26 Å². The summed E-state index contributed by atoms with van der Waals surface area (Å²) in [5.41, 5.74) is 0.0626. The van der Waals surface area contributed by atoms with Gasteiger partial charge < -0.3 is 10.6 Å². The molecular formula is C17H15N5O5S. The zero-order valence-electron chi connectivity index (χ0n) is 14.3. The molecule has 2 aromatic carbocycles. The summed E-state index contributed by atoms with van der Waals surface area (Å²) in [5, 5.41) is 30.2. The van der Waals surface area contributed by atoms with Crippen LogP contribution >= 0.6 is 0 Å². The van der Waals surface area contributed by atoms with E-state index in [9.17, 15) is 23.3 Å². The summed E-state index contributed by atoms with van der Waals surface area (Å²) in [6.07, 6.45) is 1.16. The molecule has 0 unspecified atom stereocenters. The van der Waals surface area contributed by atoms with E-state index in [-0.39, 0.29) is 28.4 Å². The van der Waals surface area contributed by atoms with Gasteiger partial charge in [-0.05, 0) is 23.8 Å². The van der Waals surface area contributed by atoms with Gasteiger partial charge in [0.1, 0.15) is 17.3 Å². The molecule has 10 nitrogen and oxygen atoms in total. The first-order valence-electron chi connectivity index (χ1n) is 7.72. The molecule has 2 aromatic rings. The van der Waals surface area contributed by atoms with Crippen LogP contribution in [0.5, 0.6) is 0 Å². The summed E-state index contributed by atoms with van der Waals surface area (Å²) < 4.78 is 22.4. The van der Waals surface area contributed by atoms with E-state index in [1.54, 1.807) is 6.07 Å². The van der Waals surface area contributed by atoms with Gasteiger partial charge in [-0.25, -0.2) is 13.6 Å². The molecule has 0 fully saturated rings. The number of amides is 1. The molecule has 4 N–H and O–H groups in total. The maximum absolute atomic E-state index is 12.2. The van der Waals surface area contributed by atoms with Gasteiger partial charge >= 0.3 is 0 Å². The number of anilines is 1. The van der Waals surface area contributed by atoms with Crippen LogP contribution in [0.25, 0.3) is 0 Å². The van der Waals surface area contributed by atoms with Crippen molar-refractivity contribution in [2.45, 2.75) is 11.4 Å². The fraction of sp³-hybridized carbons (Fsp3) is 0.0588. The average Bonchev–Trinajstić information content (AvgIpc) is 2.65. The predicted octanol–water partition coefficient (Wildman–Crippen LogP) is 1.38. The Hall–Kier alpha value is -3.75. The Morgan fingerprint density at radius 2 is 1.86 bits per heavy atom. The van der Waals surface area contributed by atoms with Crippen molar-refractivity contribution in [2.24, 2.45) is 5.14 Å². The van der Waals surface area contributed by atoms with Crippen molar-refractivity contribution < 1.29 is 18.1 Å². The molecule has 0 aliphatic heterocycles. The van der Waals surface area contributed by atoms with Crippen molar-refractivity contribution >= 4 is 27.3 Å². The Balaban J connectivity index is 2.05. The number of nitro benzene ring substituents is 1. The van der Waals surface area contributed by atoms with Crippen molar-refractivity contribution in [3.05, 3.63) is 76.0 Å². The maximum atomic E-state index is 12.2. The van der Waals surface area contributed by atoms with Gasteiger partial charge in [0.05, 0.1) is 9.82 Å². The number of carbonyl (C=O) groups is 1. The molecule has 0 atom stereocenters. The van der Waals surface area contributed by atoms with Crippen LogP contribution in [0.1, 0.15) is 5.56 Å². The van der Waals surface area contributed by atoms with Crippen LogP contribution < -0.4 is 15.8 Å². The minimum Gasteiger partial charge on any atom is -0.386 e. The first kappa shape index (κ1) is 20.6. The highest BCUT2D eigenvalue weighted by molar-refractivity contribution is 7.89. The number of benzene rings is 2. The first-order chi connectivity index (χ1) is 13.2. The third kappa shape index (κ3) is 5.37. The van der Waals surface area contributed by atoms with Crippen molar-refractivity contribution in [1.82, 2.24) is 5.32 Å². The minimum atomic E-state index is -3.78. The number of rotatable bonds is 7. The lowest BCUT2D eigenvalue weighted by atomic mass is 10.2. The molecule has 0 bridgehead atoms. The fourth-order valence-corrected chi connectivity index (χ4v) is 2.66. The average molecular weight is 401 g/mol. The zero-order chi connectivity index (χ0) is 20.7. The third-order valence-electron chi connectivity index (χ3n) is 3.52. The summed E-state index contributed by atoms with van der Waals surface area (Å²) in [4.78, 5) is 22.5. The van der Waals surface area contributed by atoms with Gasteiger partial charge in [0, 0.05) is 18.8 Å². The zero-order valence-corrected chi connectivity index (χ0v) is 15.1. The van der Waals surface area contributed by atoms with Crippen LogP contribution in [0.3, 0.4) is 0 Å². The quantitative estimate of drug-likeness (QED) is 0.272. The number of nitrogens with zero attached hydrogens (tertiary/aromatic N) is 2. The Morgan fingerprint density at radius 1 is 1.21 bits per heavy atom. The number of hydrogen-bond acceptors (Lipinski definition) is 7. The molecular weight excluding hydrogens is 386 g/mol. The fourth-order valence-electron chi connectivity index (χ4n) is 2.14. The van der Waals surface area contributed by atoms with Gasteiger partial charge in [0.25, 0.3) is 11.6 Å². The third-order valence-corrected chi connectivity index (χ3v) is 4.45. The number of sulfonamides is 1. The van der Waals surface area contributed by atoms with E-state index in [2.05, 4.69) is 10.6 Å². The number of primary sulfonamides is 1. The number of nitriles is 1. The molecule has 2 rings (SSSR count). The van der Waals surface area contributed by atoms with E-state index < -0.39 is 20.9 Å². The smallest absolute Gasteiger partial charge is 0.292 e. The van der Waals surface area contributed by atoms with Crippen molar-refractivity contribution in [3.8, 4) is 6.07 Å². The van der Waals surface area contributed by atoms with E-state index in [1.165, 1.54) is 48.5 Å². The molecule has 0 heterocycles. The lowest BCUT2D eigenvalue weighted by Gasteiger charge is -2.06. The van der Waals surface area contributed by atoms with E-state index in [0.717, 1.165) is 6.20 Å². The molecule has 0 aromatic heterocycles. The molecule has 0 aliphatic rings. The SMILES string of the molecule is N#C/C(=C/NCc1ccc(S(N)(=O)=O)cc1)C(=O)Nc1ccccc1[N+](=O)[O-]. The second kappa shape index (κ2) is 8.76. The van der Waals surface area contributed by atoms with Gasteiger partial charge in [0.15, 0.2) is 0 Å². The molecule has 28 heavy (non-hydrogen) atoms. The highest BCUT2D eigenvalue weighted by atomic mass is 32.2. The Kier molecular flexibility index (Phi) is 6.43. The van der Waals surface area contributed by atoms with Gasteiger partial charge in [-0.1, -0.05) is 24.3 Å². The molecule has 0 saturated carbocycles. The van der Waals surface area contributed by atoms with Crippen LogP contribution in [-0.4, -0.2) is 19.2 Å². The lowest BCUT2D eigenvalue weighted by molar-refractivity contribution is -0.383. The minimum absolute atomic E-state index is 0.0303. The van der Waals surface area contributed by atoms with Gasteiger partial charge in [-0.3, -0.25) is 14.9 Å². The van der Waals surface area contributed by atoms with Crippen LogP contribution in [0.15, 0.2) is 65.2 Å². The van der Waals surface area contributed by atoms with Gasteiger partial charge in [-0.2, -0.15) is 5.26 Å². The van der Waals surface area contributed by atoms with Gasteiger partial charge in [-0.15, -0.1) is 0 Å². The highest BCUT2D eigenvalue weighted by Gasteiger charge is 2.17. The van der Waals surface area contributed by atoms with Crippen LogP contribution in [0, 0.1) is 21.4 Å². The first-order valence-corrected chi connectivity index (χ1v) is 9.27. The highest BCUT2D eigenvalue weighted by Crippen LogP contribution is 2.23. The molecule has 1 amide bonds. The monoisotopic (exact) mass is 401 g/mol. The Bertz CT molecular complexity index is 1070. The standard InChI is InChI=1S/C17H15N5O5S/c18-9-13(17(23)21-15-3-1-2-4-16(15)22(24)25)11-20-10-12-5-7-14(8-6-12)28(19,26)27/h1-8,11,20H,10H2,(H,21,23)(H2,19,26,27)/b13-11-. The predicted molar refractivity (Wildman–Crippen MR) is 100 cm³/mol. The van der Waals surface area contributed by atoms with E-state index in [1.807, 2.05) is 0 Å². The number of nitrogens with two attached hydrogens (primary N) is 1. The summed E-state index contributed by atoms with van der Waals surface area (Å²) in [6, 6.07) is 13.0. The van der Waals surface area contributed by atoms with E-state index in [4.69, 9.17) is 10.4 Å². The summed E-state index contributed by atoms with van der Waals surface area (Å²) >= 11 is 0. The van der Waals surface area contributed by atoms with Crippen molar-refractivity contribution in [2.75, 3.05) is 5.32 Å². The largest absolute Gasteiger partial charge is 0.386 e. The normalized spacial score (nSPS) is 11.4. The summed E-state index contributed by atoms with van der Waals surface area (Å²) in [6.45, 7) is 0.203. The van der Waals surface area contributed by atoms with E-state index >= 15 is 0 Å². The lowest BCUT2D eigenvalue weighted by Crippen LogP contribution is -2.17. The molecule has 144 valence electrons. The topological polar surface area (TPSA) is 168 Å². The van der Waals surface area contributed by atoms with Gasteiger partial charge in [0.2, 0.25) is 10.0 Å². The van der Waals surface area contributed by atoms with Crippen LogP contribution in [0.2, 0.25) is 0 Å². The van der Waals surface area contributed by atoms with Crippen LogP contribution in [0.4, 0.5) is 11.4 Å². The van der Waals surface area contributed by atoms with Crippen molar-refractivity contribution in [3.63, 3.8) is 0 Å². The number of hydrogen-bond donors (Lipinski definition) is 3.